The third-order valence-electron chi connectivity index (χ3n) is 4.76. The van der Waals surface area contributed by atoms with Crippen LogP contribution in [-0.4, -0.2) is 54.4 Å². The summed E-state index contributed by atoms with van der Waals surface area (Å²) in [5.41, 5.74) is 2.77. The maximum atomic E-state index is 12.2. The zero-order valence-electron chi connectivity index (χ0n) is 13.7. The minimum absolute atomic E-state index is 0.00840. The number of hydrogen-bond donors (Lipinski definition) is 0. The van der Waals surface area contributed by atoms with Crippen LogP contribution in [0, 0.1) is 0 Å². The molecule has 1 saturated heterocycles. The molecule has 124 valence electrons. The summed E-state index contributed by atoms with van der Waals surface area (Å²) in [7, 11) is 0. The molecule has 0 radical (unpaired) electrons. The molecule has 5 heteroatoms. The number of benzene rings is 1. The Balaban J connectivity index is 1.50. The van der Waals surface area contributed by atoms with E-state index in [9.17, 15) is 9.59 Å². The standard InChI is InChI=1S/C18H24N2O3/c1-14(21)19-8-10-20(11-9-19)18(22)13-23-17-7-6-15-4-2-3-5-16(15)12-17/h6-7,12H,2-5,8-11,13H2,1H3. The summed E-state index contributed by atoms with van der Waals surface area (Å²) < 4.78 is 5.69. The van der Waals surface area contributed by atoms with Gasteiger partial charge in [-0.3, -0.25) is 9.59 Å². The second-order valence-corrected chi connectivity index (χ2v) is 6.31. The van der Waals surface area contributed by atoms with Crippen molar-refractivity contribution in [1.82, 2.24) is 9.80 Å². The fraction of sp³-hybridized carbons (Fsp3) is 0.556. The van der Waals surface area contributed by atoms with Crippen LogP contribution in [0.4, 0.5) is 0 Å². The normalized spacial score (nSPS) is 17.6. The summed E-state index contributed by atoms with van der Waals surface area (Å²) in [4.78, 5) is 27.1. The number of amides is 2. The molecule has 2 amide bonds. The van der Waals surface area contributed by atoms with Crippen LogP contribution in [-0.2, 0) is 22.4 Å². The van der Waals surface area contributed by atoms with E-state index in [2.05, 4.69) is 12.1 Å². The maximum absolute atomic E-state index is 12.2. The Labute approximate surface area is 137 Å². The highest BCUT2D eigenvalue weighted by Gasteiger charge is 2.22. The van der Waals surface area contributed by atoms with Gasteiger partial charge in [0.05, 0.1) is 0 Å². The molecule has 23 heavy (non-hydrogen) atoms. The first-order chi connectivity index (χ1) is 11.1. The van der Waals surface area contributed by atoms with E-state index in [1.165, 1.54) is 24.0 Å². The van der Waals surface area contributed by atoms with E-state index in [0.717, 1.165) is 18.6 Å². The van der Waals surface area contributed by atoms with Crippen molar-refractivity contribution in [1.29, 1.82) is 0 Å². The first-order valence-corrected chi connectivity index (χ1v) is 8.41. The van der Waals surface area contributed by atoms with Crippen LogP contribution in [0.15, 0.2) is 18.2 Å². The Kier molecular flexibility index (Phi) is 4.84. The van der Waals surface area contributed by atoms with E-state index in [4.69, 9.17) is 4.74 Å². The van der Waals surface area contributed by atoms with E-state index >= 15 is 0 Å². The van der Waals surface area contributed by atoms with Crippen molar-refractivity contribution in [2.45, 2.75) is 32.6 Å². The molecular formula is C18H24N2O3. The Morgan fingerprint density at radius 2 is 1.65 bits per heavy atom. The molecule has 0 N–H and O–H groups in total. The van der Waals surface area contributed by atoms with Gasteiger partial charge in [-0.25, -0.2) is 0 Å². The van der Waals surface area contributed by atoms with Crippen molar-refractivity contribution < 1.29 is 14.3 Å². The second kappa shape index (κ2) is 7.02. The predicted molar refractivity (Wildman–Crippen MR) is 87.4 cm³/mol. The smallest absolute Gasteiger partial charge is 0.260 e. The van der Waals surface area contributed by atoms with E-state index in [-0.39, 0.29) is 18.4 Å². The lowest BCUT2D eigenvalue weighted by Gasteiger charge is -2.34. The number of carbonyl (C=O) groups is 2. The Hall–Kier alpha value is -2.04. The van der Waals surface area contributed by atoms with Crippen molar-refractivity contribution in [2.24, 2.45) is 0 Å². The van der Waals surface area contributed by atoms with Gasteiger partial charge in [0.2, 0.25) is 5.91 Å². The summed E-state index contributed by atoms with van der Waals surface area (Å²) in [6.45, 7) is 4.04. The minimum Gasteiger partial charge on any atom is -0.484 e. The lowest BCUT2D eigenvalue weighted by molar-refractivity contribution is -0.139. The second-order valence-electron chi connectivity index (χ2n) is 6.31. The third-order valence-corrected chi connectivity index (χ3v) is 4.76. The van der Waals surface area contributed by atoms with Crippen LogP contribution in [0.3, 0.4) is 0 Å². The molecule has 3 rings (SSSR count). The van der Waals surface area contributed by atoms with Gasteiger partial charge in [-0.1, -0.05) is 6.07 Å². The first kappa shape index (κ1) is 15.8. The van der Waals surface area contributed by atoms with Crippen molar-refractivity contribution >= 4 is 11.8 Å². The number of rotatable bonds is 3. The largest absolute Gasteiger partial charge is 0.484 e. The molecule has 2 aliphatic rings. The Morgan fingerprint density at radius 3 is 2.35 bits per heavy atom. The van der Waals surface area contributed by atoms with Gasteiger partial charge < -0.3 is 14.5 Å². The van der Waals surface area contributed by atoms with E-state index in [0.29, 0.717) is 26.2 Å². The topological polar surface area (TPSA) is 49.9 Å². The monoisotopic (exact) mass is 316 g/mol. The summed E-state index contributed by atoms with van der Waals surface area (Å²) in [5, 5.41) is 0. The van der Waals surface area contributed by atoms with Gasteiger partial charge in [0.1, 0.15) is 5.75 Å². The number of ether oxygens (including phenoxy) is 1. The molecule has 1 aromatic rings. The van der Waals surface area contributed by atoms with Crippen molar-refractivity contribution in [3.63, 3.8) is 0 Å². The zero-order chi connectivity index (χ0) is 16.2. The molecule has 1 aromatic carbocycles. The fourth-order valence-electron chi connectivity index (χ4n) is 3.31. The lowest BCUT2D eigenvalue weighted by atomic mass is 9.92. The van der Waals surface area contributed by atoms with Crippen LogP contribution in [0.2, 0.25) is 0 Å². The summed E-state index contributed by atoms with van der Waals surface area (Å²) in [6, 6.07) is 6.17. The Bertz CT molecular complexity index is 592. The van der Waals surface area contributed by atoms with Crippen molar-refractivity contribution in [3.8, 4) is 5.75 Å². The quantitative estimate of drug-likeness (QED) is 0.852. The fourth-order valence-corrected chi connectivity index (χ4v) is 3.31. The van der Waals surface area contributed by atoms with Gasteiger partial charge in [0, 0.05) is 33.1 Å². The van der Waals surface area contributed by atoms with Gasteiger partial charge in [-0.2, -0.15) is 0 Å². The molecule has 0 atom stereocenters. The highest BCUT2D eigenvalue weighted by molar-refractivity contribution is 5.78. The van der Waals surface area contributed by atoms with Crippen LogP contribution in [0.5, 0.6) is 5.75 Å². The predicted octanol–water partition coefficient (Wildman–Crippen LogP) is 1.63. The van der Waals surface area contributed by atoms with E-state index in [1.54, 1.807) is 16.7 Å². The number of hydrogen-bond acceptors (Lipinski definition) is 3. The summed E-state index contributed by atoms with van der Waals surface area (Å²) in [5.74, 6) is 0.842. The first-order valence-electron chi connectivity index (χ1n) is 8.41. The maximum Gasteiger partial charge on any atom is 0.260 e. The summed E-state index contributed by atoms with van der Waals surface area (Å²) in [6.07, 6.45) is 4.75. The molecule has 0 aromatic heterocycles. The van der Waals surface area contributed by atoms with Crippen LogP contribution in [0.25, 0.3) is 0 Å². The number of piperazine rings is 1. The molecule has 0 bridgehead atoms. The molecule has 1 heterocycles. The average molecular weight is 316 g/mol. The van der Waals surface area contributed by atoms with Crippen molar-refractivity contribution in [2.75, 3.05) is 32.8 Å². The molecule has 1 aliphatic carbocycles. The summed E-state index contributed by atoms with van der Waals surface area (Å²) >= 11 is 0. The SMILES string of the molecule is CC(=O)N1CCN(C(=O)COc2ccc3c(c2)CCCC3)CC1. The van der Waals surface area contributed by atoms with Gasteiger partial charge >= 0.3 is 0 Å². The molecule has 0 saturated carbocycles. The van der Waals surface area contributed by atoms with Crippen LogP contribution >= 0.6 is 0 Å². The minimum atomic E-state index is -0.00840. The number of fused-ring (bicyclic) bond motifs is 1. The number of nitrogens with zero attached hydrogens (tertiary/aromatic N) is 2. The van der Waals surface area contributed by atoms with Crippen molar-refractivity contribution in [3.05, 3.63) is 29.3 Å². The highest BCUT2D eigenvalue weighted by Crippen LogP contribution is 2.25. The molecule has 1 aliphatic heterocycles. The lowest BCUT2D eigenvalue weighted by Crippen LogP contribution is -2.51. The molecular weight excluding hydrogens is 292 g/mol. The number of carbonyl (C=O) groups excluding carboxylic acids is 2. The molecule has 1 fully saturated rings. The zero-order valence-corrected chi connectivity index (χ0v) is 13.7. The van der Waals surface area contributed by atoms with Gasteiger partial charge in [0.25, 0.3) is 5.91 Å². The molecule has 0 spiro atoms. The molecule has 5 nitrogen and oxygen atoms in total. The third kappa shape index (κ3) is 3.84. The Morgan fingerprint density at radius 1 is 1.00 bits per heavy atom. The van der Waals surface area contributed by atoms with Gasteiger partial charge in [-0.05, 0) is 48.9 Å². The van der Waals surface area contributed by atoms with Crippen LogP contribution in [0.1, 0.15) is 30.9 Å². The highest BCUT2D eigenvalue weighted by atomic mass is 16.5. The van der Waals surface area contributed by atoms with Gasteiger partial charge in [-0.15, -0.1) is 0 Å². The van der Waals surface area contributed by atoms with E-state index in [1.807, 2.05) is 6.07 Å². The number of aryl methyl sites for hydroxylation is 2. The van der Waals surface area contributed by atoms with Gasteiger partial charge in [0.15, 0.2) is 6.61 Å². The van der Waals surface area contributed by atoms with Crippen LogP contribution < -0.4 is 4.74 Å². The van der Waals surface area contributed by atoms with E-state index < -0.39 is 0 Å². The molecule has 0 unspecified atom stereocenters. The average Bonchev–Trinajstić information content (AvgIpc) is 2.59.